The molecule has 0 saturated carbocycles. The largest absolute Gasteiger partial charge is 0.504 e. The Morgan fingerprint density at radius 3 is 1.95 bits per heavy atom. The Labute approximate surface area is 124 Å². The van der Waals surface area contributed by atoms with Gasteiger partial charge in [-0.25, -0.2) is 9.59 Å². The van der Waals surface area contributed by atoms with Crippen molar-refractivity contribution in [2.24, 2.45) is 5.73 Å². The molecule has 0 fully saturated rings. The molecular weight excluding hydrogens is 302 g/mol. The lowest BCUT2D eigenvalue weighted by atomic mass is 10.0. The van der Waals surface area contributed by atoms with Crippen LogP contribution >= 0.6 is 0 Å². The van der Waals surface area contributed by atoms with Gasteiger partial charge in [0.2, 0.25) is 0 Å². The van der Waals surface area contributed by atoms with E-state index in [1.54, 1.807) is 0 Å². The number of carbonyl (C=O) groups excluding carboxylic acids is 1. The Morgan fingerprint density at radius 2 is 1.59 bits per heavy atom. The summed E-state index contributed by atoms with van der Waals surface area (Å²) in [5, 5.41) is 42.7. The van der Waals surface area contributed by atoms with E-state index in [0.717, 1.165) is 13.2 Å². The van der Waals surface area contributed by atoms with Gasteiger partial charge in [0, 0.05) is 0 Å². The molecule has 2 unspecified atom stereocenters. The van der Waals surface area contributed by atoms with Crippen LogP contribution in [0.15, 0.2) is 18.2 Å². The third kappa shape index (κ3) is 5.64. The monoisotopic (exact) mass is 317 g/mol. The first-order valence-electron chi connectivity index (χ1n) is 5.61. The summed E-state index contributed by atoms with van der Waals surface area (Å²) in [6.07, 6.45) is -1.31. The molecule has 0 radical (unpaired) electrons. The maximum Gasteiger partial charge on any atom is 0.414 e. The lowest BCUT2D eigenvalue weighted by Gasteiger charge is -2.17. The van der Waals surface area contributed by atoms with Crippen LogP contribution in [0.25, 0.3) is 0 Å². The molecule has 22 heavy (non-hydrogen) atoms. The second-order valence-corrected chi connectivity index (χ2v) is 3.85. The Bertz CT molecular complexity index is 546. The molecule has 122 valence electrons. The summed E-state index contributed by atoms with van der Waals surface area (Å²) in [4.78, 5) is 29.3. The molecule has 1 aromatic rings. The van der Waals surface area contributed by atoms with Gasteiger partial charge < -0.3 is 36.0 Å². The van der Waals surface area contributed by atoms with Gasteiger partial charge in [-0.2, -0.15) is 0 Å². The van der Waals surface area contributed by atoms with E-state index < -0.39 is 35.8 Å². The van der Waals surface area contributed by atoms with E-state index in [2.05, 4.69) is 4.74 Å². The van der Waals surface area contributed by atoms with Gasteiger partial charge in [-0.1, -0.05) is 6.07 Å². The molecule has 0 aliphatic heterocycles. The van der Waals surface area contributed by atoms with Gasteiger partial charge in [-0.15, -0.1) is 0 Å². The number of hydrogen-bond donors (Lipinski definition) is 6. The van der Waals surface area contributed by atoms with Crippen molar-refractivity contribution in [3.05, 3.63) is 23.8 Å². The molecule has 0 spiro atoms. The van der Waals surface area contributed by atoms with E-state index >= 15 is 0 Å². The number of carbonyl (C=O) groups is 3. The fraction of sp³-hybridized carbons (Fsp3) is 0.250. The number of carboxylic acid groups (broad SMARTS) is 2. The van der Waals surface area contributed by atoms with Crippen LogP contribution in [0.4, 0.5) is 0 Å². The van der Waals surface area contributed by atoms with Crippen LogP contribution in [0, 0.1) is 0 Å². The number of esters is 1. The highest BCUT2D eigenvalue weighted by molar-refractivity contribution is 6.27. The molecule has 0 amide bonds. The number of aliphatic carboxylic acids is 2. The Balaban J connectivity index is 0.000000626. The number of hydrogen-bond acceptors (Lipinski definition) is 8. The van der Waals surface area contributed by atoms with Gasteiger partial charge in [0.1, 0.15) is 12.1 Å². The number of carboxylic acids is 2. The van der Waals surface area contributed by atoms with Crippen molar-refractivity contribution in [3.63, 3.8) is 0 Å². The first-order valence-corrected chi connectivity index (χ1v) is 5.61. The summed E-state index contributed by atoms with van der Waals surface area (Å²) in [5.41, 5.74) is 5.64. The van der Waals surface area contributed by atoms with Crippen LogP contribution in [-0.2, 0) is 19.1 Å². The highest BCUT2D eigenvalue weighted by atomic mass is 16.5. The summed E-state index contributed by atoms with van der Waals surface area (Å²) in [6.45, 7) is 0. The van der Waals surface area contributed by atoms with Crippen LogP contribution in [0.1, 0.15) is 11.7 Å². The zero-order valence-corrected chi connectivity index (χ0v) is 11.3. The normalized spacial score (nSPS) is 12.3. The van der Waals surface area contributed by atoms with E-state index in [-0.39, 0.29) is 11.3 Å². The zero-order valence-electron chi connectivity index (χ0n) is 11.3. The molecule has 7 N–H and O–H groups in total. The van der Waals surface area contributed by atoms with E-state index in [9.17, 15) is 15.0 Å². The third-order valence-corrected chi connectivity index (χ3v) is 2.34. The highest BCUT2D eigenvalue weighted by Crippen LogP contribution is 2.28. The zero-order chi connectivity index (χ0) is 17.4. The van der Waals surface area contributed by atoms with E-state index in [4.69, 9.17) is 30.6 Å². The van der Waals surface area contributed by atoms with Crippen molar-refractivity contribution in [1.82, 2.24) is 0 Å². The average Bonchev–Trinajstić information content (AvgIpc) is 2.48. The fourth-order valence-electron chi connectivity index (χ4n) is 1.20. The highest BCUT2D eigenvalue weighted by Gasteiger charge is 2.25. The fourth-order valence-corrected chi connectivity index (χ4v) is 1.20. The topological polar surface area (TPSA) is 188 Å². The summed E-state index contributed by atoms with van der Waals surface area (Å²) >= 11 is 0. The number of ether oxygens (including phenoxy) is 1. The molecule has 0 aromatic heterocycles. The van der Waals surface area contributed by atoms with Crippen molar-refractivity contribution < 1.29 is 44.7 Å². The SMILES string of the molecule is COC(=O)C(N)C(O)c1ccc(O)c(O)c1.O=C(O)C(=O)O. The van der Waals surface area contributed by atoms with Crippen LogP contribution in [-0.4, -0.2) is 56.6 Å². The second-order valence-electron chi connectivity index (χ2n) is 3.85. The minimum absolute atomic E-state index is 0.216. The number of aliphatic hydroxyl groups is 1. The predicted molar refractivity (Wildman–Crippen MR) is 70.0 cm³/mol. The van der Waals surface area contributed by atoms with Crippen LogP contribution in [0.2, 0.25) is 0 Å². The first-order chi connectivity index (χ1) is 10.1. The average molecular weight is 317 g/mol. The van der Waals surface area contributed by atoms with Gasteiger partial charge in [0.15, 0.2) is 11.5 Å². The van der Waals surface area contributed by atoms with E-state index in [1.807, 2.05) is 0 Å². The number of methoxy groups -OCH3 is 1. The molecule has 0 heterocycles. The van der Waals surface area contributed by atoms with Gasteiger partial charge >= 0.3 is 17.9 Å². The van der Waals surface area contributed by atoms with Gasteiger partial charge in [0.05, 0.1) is 7.11 Å². The van der Waals surface area contributed by atoms with Gasteiger partial charge in [0.25, 0.3) is 0 Å². The van der Waals surface area contributed by atoms with Crippen molar-refractivity contribution in [1.29, 1.82) is 0 Å². The third-order valence-electron chi connectivity index (χ3n) is 2.34. The molecule has 10 nitrogen and oxygen atoms in total. The Morgan fingerprint density at radius 1 is 1.09 bits per heavy atom. The molecular formula is C12H15NO9. The van der Waals surface area contributed by atoms with E-state index in [1.165, 1.54) is 12.1 Å². The Kier molecular flexibility index (Phi) is 7.35. The second kappa shape index (κ2) is 8.44. The van der Waals surface area contributed by atoms with Crippen LogP contribution < -0.4 is 5.73 Å². The number of nitrogens with two attached hydrogens (primary N) is 1. The maximum absolute atomic E-state index is 11.1. The van der Waals surface area contributed by atoms with E-state index in [0.29, 0.717) is 0 Å². The standard InChI is InChI=1S/C10H13NO5.C2H2O4/c1-16-10(15)8(11)9(14)5-2-3-6(12)7(13)4-5;3-1(4)2(5)6/h2-4,8-9,12-14H,11H2,1H3;(H,3,4)(H,5,6). The predicted octanol–water partition coefficient (Wildman–Crippen LogP) is -1.21. The number of phenolic OH excluding ortho intramolecular Hbond substituents is 2. The smallest absolute Gasteiger partial charge is 0.414 e. The van der Waals surface area contributed by atoms with Crippen molar-refractivity contribution in [3.8, 4) is 11.5 Å². The summed E-state index contributed by atoms with van der Waals surface area (Å²) in [7, 11) is 1.16. The van der Waals surface area contributed by atoms with Crippen molar-refractivity contribution in [2.45, 2.75) is 12.1 Å². The lowest BCUT2D eigenvalue weighted by molar-refractivity contribution is -0.159. The van der Waals surface area contributed by atoms with Gasteiger partial charge in [-0.05, 0) is 17.7 Å². The van der Waals surface area contributed by atoms with Gasteiger partial charge in [-0.3, -0.25) is 4.79 Å². The molecule has 1 aromatic carbocycles. The minimum atomic E-state index is -1.82. The first kappa shape index (κ1) is 19.1. The number of rotatable bonds is 3. The molecule has 0 bridgehead atoms. The molecule has 0 aliphatic rings. The van der Waals surface area contributed by atoms with Crippen molar-refractivity contribution in [2.75, 3.05) is 7.11 Å². The molecule has 0 saturated heterocycles. The summed E-state index contributed by atoms with van der Waals surface area (Å²) in [5.74, 6) is -5.12. The summed E-state index contributed by atoms with van der Waals surface area (Å²) in [6, 6.07) is 2.43. The molecule has 1 rings (SSSR count). The number of aromatic hydroxyl groups is 2. The number of benzene rings is 1. The molecule has 0 aliphatic carbocycles. The number of phenols is 2. The van der Waals surface area contributed by atoms with Crippen molar-refractivity contribution >= 4 is 17.9 Å². The lowest BCUT2D eigenvalue weighted by Crippen LogP contribution is -2.37. The molecule has 10 heteroatoms. The van der Waals surface area contributed by atoms with Crippen LogP contribution in [0.3, 0.4) is 0 Å². The summed E-state index contributed by atoms with van der Waals surface area (Å²) < 4.78 is 4.37. The molecule has 2 atom stereocenters. The maximum atomic E-state index is 11.1. The minimum Gasteiger partial charge on any atom is -0.504 e. The van der Waals surface area contributed by atoms with Crippen LogP contribution in [0.5, 0.6) is 11.5 Å². The number of aliphatic hydroxyl groups excluding tert-OH is 1. The Hall–Kier alpha value is -2.85. The quantitative estimate of drug-likeness (QED) is 0.224.